The Labute approximate surface area is 112 Å². The van der Waals surface area contributed by atoms with Crippen LogP contribution in [0.5, 0.6) is 0 Å². The number of hydrogen-bond donors (Lipinski definition) is 2. The van der Waals surface area contributed by atoms with E-state index in [2.05, 4.69) is 22.5 Å². The second kappa shape index (κ2) is 6.87. The van der Waals surface area contributed by atoms with Crippen LogP contribution in [0, 0.1) is 0 Å². The number of rotatable bonds is 7. The molecule has 1 aliphatic heterocycles. The molecule has 0 bridgehead atoms. The summed E-state index contributed by atoms with van der Waals surface area (Å²) in [4.78, 5) is 15.4. The van der Waals surface area contributed by atoms with Gasteiger partial charge in [-0.2, -0.15) is 0 Å². The van der Waals surface area contributed by atoms with E-state index in [1.807, 2.05) is 17.5 Å². The average Bonchev–Trinajstić information content (AvgIpc) is 2.77. The van der Waals surface area contributed by atoms with Gasteiger partial charge in [0.1, 0.15) is 0 Å². The lowest BCUT2D eigenvalue weighted by molar-refractivity contribution is -0.123. The fraction of sp³-hybridized carbons (Fsp3) is 0.615. The van der Waals surface area contributed by atoms with Gasteiger partial charge in [0, 0.05) is 24.0 Å². The van der Waals surface area contributed by atoms with Crippen LogP contribution >= 0.6 is 11.3 Å². The maximum atomic E-state index is 11.9. The van der Waals surface area contributed by atoms with Gasteiger partial charge in [-0.05, 0) is 24.4 Å². The fourth-order valence-electron chi connectivity index (χ4n) is 2.05. The van der Waals surface area contributed by atoms with Crippen molar-refractivity contribution in [3.8, 4) is 0 Å². The highest BCUT2D eigenvalue weighted by Crippen LogP contribution is 2.08. The number of thiophene rings is 1. The van der Waals surface area contributed by atoms with Crippen molar-refractivity contribution in [1.82, 2.24) is 15.5 Å². The van der Waals surface area contributed by atoms with Gasteiger partial charge in [0.05, 0.1) is 13.1 Å². The molecule has 5 heteroatoms. The van der Waals surface area contributed by atoms with E-state index in [4.69, 9.17) is 0 Å². The molecule has 1 aliphatic rings. The molecule has 0 aromatic carbocycles. The number of nitrogens with one attached hydrogen (secondary N) is 2. The Bertz CT molecular complexity index is 362. The van der Waals surface area contributed by atoms with Crippen molar-refractivity contribution in [2.24, 2.45) is 0 Å². The summed E-state index contributed by atoms with van der Waals surface area (Å²) >= 11 is 1.68. The first-order chi connectivity index (χ1) is 8.79. The van der Waals surface area contributed by atoms with Gasteiger partial charge in [0.2, 0.25) is 5.91 Å². The van der Waals surface area contributed by atoms with Crippen molar-refractivity contribution < 1.29 is 4.79 Å². The quantitative estimate of drug-likeness (QED) is 0.776. The number of carbonyl (C=O) groups excluding carboxylic acids is 1. The Morgan fingerprint density at radius 1 is 1.61 bits per heavy atom. The van der Waals surface area contributed by atoms with Gasteiger partial charge in [-0.3, -0.25) is 9.69 Å². The van der Waals surface area contributed by atoms with Crippen LogP contribution in [0.2, 0.25) is 0 Å². The van der Waals surface area contributed by atoms with E-state index in [1.165, 1.54) is 4.88 Å². The molecule has 4 nitrogen and oxygen atoms in total. The first-order valence-corrected chi connectivity index (χ1v) is 7.41. The number of nitrogens with zero attached hydrogens (tertiary/aromatic N) is 1. The molecular formula is C13H21N3OS. The minimum atomic E-state index is 0.128. The predicted octanol–water partition coefficient (Wildman–Crippen LogP) is 1.05. The largest absolute Gasteiger partial charge is 0.350 e. The zero-order valence-electron chi connectivity index (χ0n) is 10.8. The Kier molecular flexibility index (Phi) is 5.16. The van der Waals surface area contributed by atoms with Crippen LogP contribution < -0.4 is 10.6 Å². The van der Waals surface area contributed by atoms with E-state index >= 15 is 0 Å². The maximum absolute atomic E-state index is 11.9. The van der Waals surface area contributed by atoms with E-state index in [-0.39, 0.29) is 5.91 Å². The van der Waals surface area contributed by atoms with Gasteiger partial charge >= 0.3 is 0 Å². The molecule has 2 N–H and O–H groups in total. The Morgan fingerprint density at radius 3 is 3.00 bits per heavy atom. The van der Waals surface area contributed by atoms with Crippen molar-refractivity contribution in [3.63, 3.8) is 0 Å². The summed E-state index contributed by atoms with van der Waals surface area (Å²) in [6, 6.07) is 4.60. The highest BCUT2D eigenvalue weighted by Gasteiger charge is 2.25. The van der Waals surface area contributed by atoms with E-state index in [9.17, 15) is 4.79 Å². The van der Waals surface area contributed by atoms with Crippen LogP contribution in [0.15, 0.2) is 17.5 Å². The second-order valence-electron chi connectivity index (χ2n) is 4.64. The Balaban J connectivity index is 1.73. The average molecular weight is 267 g/mol. The van der Waals surface area contributed by atoms with E-state index in [0.29, 0.717) is 19.1 Å². The molecule has 0 spiro atoms. The monoisotopic (exact) mass is 267 g/mol. The van der Waals surface area contributed by atoms with Gasteiger partial charge in [0.25, 0.3) is 0 Å². The summed E-state index contributed by atoms with van der Waals surface area (Å²) in [5, 5.41) is 8.28. The summed E-state index contributed by atoms with van der Waals surface area (Å²) in [6.07, 6.45) is 1.09. The molecule has 2 heterocycles. The van der Waals surface area contributed by atoms with Crippen LogP contribution in [-0.4, -0.2) is 43.0 Å². The minimum Gasteiger partial charge on any atom is -0.350 e. The minimum absolute atomic E-state index is 0.128. The molecule has 1 aromatic rings. The van der Waals surface area contributed by atoms with Gasteiger partial charge in [-0.15, -0.1) is 11.3 Å². The molecule has 0 saturated carbocycles. The van der Waals surface area contributed by atoms with Crippen LogP contribution in [0.3, 0.4) is 0 Å². The molecule has 0 radical (unpaired) electrons. The van der Waals surface area contributed by atoms with Crippen LogP contribution in [0.25, 0.3) is 0 Å². The second-order valence-corrected chi connectivity index (χ2v) is 5.67. The topological polar surface area (TPSA) is 44.4 Å². The first kappa shape index (κ1) is 13.5. The van der Waals surface area contributed by atoms with Crippen molar-refractivity contribution >= 4 is 17.2 Å². The number of carbonyl (C=O) groups is 1. The lowest BCUT2D eigenvalue weighted by atomic mass is 10.1. The summed E-state index contributed by atoms with van der Waals surface area (Å²) < 4.78 is 0. The van der Waals surface area contributed by atoms with E-state index < -0.39 is 0 Å². The van der Waals surface area contributed by atoms with Crippen molar-refractivity contribution in [2.75, 3.05) is 26.2 Å². The lowest BCUT2D eigenvalue weighted by Gasteiger charge is -2.37. The van der Waals surface area contributed by atoms with E-state index in [1.54, 1.807) is 11.3 Å². The molecule has 1 amide bonds. The third-order valence-electron chi connectivity index (χ3n) is 3.17. The summed E-state index contributed by atoms with van der Waals surface area (Å²) in [7, 11) is 0. The summed E-state index contributed by atoms with van der Waals surface area (Å²) in [5.41, 5.74) is 0. The van der Waals surface area contributed by atoms with Gasteiger partial charge in [0.15, 0.2) is 0 Å². The molecular weight excluding hydrogens is 246 g/mol. The molecule has 0 aliphatic carbocycles. The van der Waals surface area contributed by atoms with Gasteiger partial charge in [-0.25, -0.2) is 0 Å². The first-order valence-electron chi connectivity index (χ1n) is 6.53. The molecule has 0 atom stereocenters. The zero-order chi connectivity index (χ0) is 12.8. The highest BCUT2D eigenvalue weighted by atomic mass is 32.1. The molecule has 2 rings (SSSR count). The standard InChI is InChI=1S/C13H21N3OS/c1-2-5-16(11-7-14-8-11)10-13(17)15-9-12-4-3-6-18-12/h3-4,6,11,14H,2,5,7-10H2,1H3,(H,15,17). The van der Waals surface area contributed by atoms with Crippen LogP contribution in [0.1, 0.15) is 18.2 Å². The third-order valence-corrected chi connectivity index (χ3v) is 4.05. The molecule has 0 unspecified atom stereocenters. The third kappa shape index (κ3) is 3.80. The molecule has 100 valence electrons. The highest BCUT2D eigenvalue weighted by molar-refractivity contribution is 7.09. The van der Waals surface area contributed by atoms with Gasteiger partial charge in [-0.1, -0.05) is 13.0 Å². The van der Waals surface area contributed by atoms with Crippen molar-refractivity contribution in [1.29, 1.82) is 0 Å². The fourth-order valence-corrected chi connectivity index (χ4v) is 2.69. The van der Waals surface area contributed by atoms with Crippen molar-refractivity contribution in [3.05, 3.63) is 22.4 Å². The molecule has 18 heavy (non-hydrogen) atoms. The number of hydrogen-bond acceptors (Lipinski definition) is 4. The zero-order valence-corrected chi connectivity index (χ0v) is 11.6. The summed E-state index contributed by atoms with van der Waals surface area (Å²) in [6.45, 7) is 6.35. The SMILES string of the molecule is CCCN(CC(=O)NCc1cccs1)C1CNC1. The maximum Gasteiger partial charge on any atom is 0.234 e. The predicted molar refractivity (Wildman–Crippen MR) is 74.7 cm³/mol. The van der Waals surface area contributed by atoms with Crippen LogP contribution in [0.4, 0.5) is 0 Å². The number of amides is 1. The Hall–Kier alpha value is -0.910. The summed E-state index contributed by atoms with van der Waals surface area (Å²) in [5.74, 6) is 0.128. The van der Waals surface area contributed by atoms with E-state index in [0.717, 1.165) is 26.1 Å². The molecule has 1 fully saturated rings. The molecule has 1 saturated heterocycles. The van der Waals surface area contributed by atoms with Crippen LogP contribution in [-0.2, 0) is 11.3 Å². The van der Waals surface area contributed by atoms with Crippen molar-refractivity contribution in [2.45, 2.75) is 25.9 Å². The smallest absolute Gasteiger partial charge is 0.234 e. The lowest BCUT2D eigenvalue weighted by Crippen LogP contribution is -2.59. The Morgan fingerprint density at radius 2 is 2.44 bits per heavy atom. The van der Waals surface area contributed by atoms with Gasteiger partial charge < -0.3 is 10.6 Å². The molecule has 1 aromatic heterocycles. The normalized spacial score (nSPS) is 15.7.